The van der Waals surface area contributed by atoms with Crippen molar-refractivity contribution >= 4 is 54.5 Å². The van der Waals surface area contributed by atoms with E-state index in [9.17, 15) is 4.79 Å². The van der Waals surface area contributed by atoms with Gasteiger partial charge < -0.3 is 15.1 Å². The van der Waals surface area contributed by atoms with Gasteiger partial charge in [-0.3, -0.25) is 4.79 Å². The van der Waals surface area contributed by atoms with Crippen LogP contribution in [0.25, 0.3) is 12.2 Å². The molecule has 1 aliphatic rings. The van der Waals surface area contributed by atoms with Crippen LogP contribution in [0, 0.1) is 13.8 Å². The van der Waals surface area contributed by atoms with E-state index in [1.165, 1.54) is 12.8 Å². The van der Waals surface area contributed by atoms with Crippen LogP contribution in [0.15, 0.2) is 6.07 Å². The summed E-state index contributed by atoms with van der Waals surface area (Å²) in [6.07, 6.45) is 10.3. The maximum absolute atomic E-state index is 12.8. The van der Waals surface area contributed by atoms with Gasteiger partial charge >= 0.3 is 0 Å². The number of halogens is 2. The Morgan fingerprint density at radius 2 is 1.66 bits per heavy atom. The predicted octanol–water partition coefficient (Wildman–Crippen LogP) is 4.87. The van der Waals surface area contributed by atoms with Crippen LogP contribution in [0.2, 0.25) is 0 Å². The second kappa shape index (κ2) is 14.8. The molecule has 0 aromatic carbocycles. The minimum Gasteiger partial charge on any atom is -0.362 e. The van der Waals surface area contributed by atoms with E-state index in [4.69, 9.17) is 4.98 Å². The highest BCUT2D eigenvalue weighted by Gasteiger charge is 2.18. The van der Waals surface area contributed by atoms with Crippen LogP contribution in [0.4, 0.5) is 11.6 Å². The third-order valence-corrected chi connectivity index (χ3v) is 5.89. The van der Waals surface area contributed by atoms with Crippen LogP contribution >= 0.6 is 24.8 Å². The van der Waals surface area contributed by atoms with E-state index in [1.54, 1.807) is 12.1 Å². The first-order valence-corrected chi connectivity index (χ1v) is 12.0. The number of nitrogens with one attached hydrogen (secondary N) is 1. The number of rotatable bonds is 10. The summed E-state index contributed by atoms with van der Waals surface area (Å²) in [6.45, 7) is 8.74. The lowest BCUT2D eigenvalue weighted by atomic mass is 10.2. The Morgan fingerprint density at radius 1 is 1.00 bits per heavy atom. The molecular weight excluding hydrogens is 485 g/mol. The van der Waals surface area contributed by atoms with E-state index < -0.39 is 0 Å². The lowest BCUT2D eigenvalue weighted by Gasteiger charge is -2.17. The number of anilines is 2. The third-order valence-electron chi connectivity index (χ3n) is 5.89. The molecule has 0 unspecified atom stereocenters. The summed E-state index contributed by atoms with van der Waals surface area (Å²) in [6, 6.07) is 1.81. The van der Waals surface area contributed by atoms with Gasteiger partial charge in [0.05, 0.1) is 0 Å². The van der Waals surface area contributed by atoms with Crippen LogP contribution in [0.5, 0.6) is 0 Å². The first kappa shape index (κ1) is 30.6. The molecule has 194 valence electrons. The molecule has 3 heterocycles. The van der Waals surface area contributed by atoms with Crippen LogP contribution < -0.4 is 15.1 Å². The number of carbonyl (C=O) groups excluding carboxylic acids is 1. The van der Waals surface area contributed by atoms with Crippen molar-refractivity contribution in [2.24, 2.45) is 0 Å². The zero-order valence-corrected chi connectivity index (χ0v) is 23.1. The van der Waals surface area contributed by atoms with Crippen molar-refractivity contribution in [2.45, 2.75) is 59.3 Å². The van der Waals surface area contributed by atoms with Crippen molar-refractivity contribution in [1.82, 2.24) is 25.3 Å². The van der Waals surface area contributed by atoms with Gasteiger partial charge in [0, 0.05) is 51.1 Å². The third kappa shape index (κ3) is 8.61. The lowest BCUT2D eigenvalue weighted by molar-refractivity contribution is 0.0947. The number of aryl methyl sites for hydroxylation is 1. The fraction of sp³-hybridized carbons (Fsp3) is 0.560. The highest BCUT2D eigenvalue weighted by molar-refractivity contribution is 5.93. The van der Waals surface area contributed by atoms with Crippen molar-refractivity contribution in [3.8, 4) is 0 Å². The van der Waals surface area contributed by atoms with Gasteiger partial charge in [-0.15, -0.1) is 24.8 Å². The van der Waals surface area contributed by atoms with Crippen molar-refractivity contribution in [3.63, 3.8) is 0 Å². The van der Waals surface area contributed by atoms with Gasteiger partial charge in [-0.1, -0.05) is 26.2 Å². The van der Waals surface area contributed by atoms with E-state index >= 15 is 0 Å². The zero-order chi connectivity index (χ0) is 23.8. The molecule has 0 bridgehead atoms. The summed E-state index contributed by atoms with van der Waals surface area (Å²) in [5, 5.41) is 3.01. The minimum atomic E-state index is -0.152. The first-order valence-electron chi connectivity index (χ1n) is 12.0. The molecule has 0 aliphatic carbocycles. The first-order chi connectivity index (χ1) is 15.9. The molecule has 2 aromatic rings. The molecule has 1 saturated heterocycles. The van der Waals surface area contributed by atoms with Crippen LogP contribution in [0.1, 0.15) is 78.8 Å². The molecule has 1 fully saturated rings. The minimum absolute atomic E-state index is 0. The monoisotopic (exact) mass is 523 g/mol. The Bertz CT molecular complexity index is 992. The highest BCUT2D eigenvalue weighted by Crippen LogP contribution is 2.21. The summed E-state index contributed by atoms with van der Waals surface area (Å²) in [5.41, 5.74) is 2.39. The van der Waals surface area contributed by atoms with Gasteiger partial charge in [0.25, 0.3) is 5.91 Å². The fourth-order valence-electron chi connectivity index (χ4n) is 3.89. The van der Waals surface area contributed by atoms with E-state index in [1.807, 2.05) is 38.9 Å². The number of hydrogen-bond donors (Lipinski definition) is 1. The van der Waals surface area contributed by atoms with Gasteiger partial charge in [-0.05, 0) is 45.3 Å². The van der Waals surface area contributed by atoms with Crippen LogP contribution in [0.3, 0.4) is 0 Å². The van der Waals surface area contributed by atoms with Crippen LogP contribution in [-0.4, -0.2) is 59.6 Å². The number of nitrogens with zero attached hydrogens (tertiary/aromatic N) is 6. The number of carbonyl (C=O) groups is 1. The molecule has 10 heteroatoms. The molecule has 3 rings (SSSR count). The molecule has 2 aromatic heterocycles. The average Bonchev–Trinajstić information content (AvgIpc) is 3.34. The molecule has 1 aliphatic heterocycles. The van der Waals surface area contributed by atoms with Crippen molar-refractivity contribution in [3.05, 3.63) is 34.7 Å². The summed E-state index contributed by atoms with van der Waals surface area (Å²) in [5.74, 6) is 2.62. The van der Waals surface area contributed by atoms with E-state index in [0.717, 1.165) is 61.7 Å². The zero-order valence-electron chi connectivity index (χ0n) is 21.5. The molecule has 0 radical (unpaired) electrons. The normalized spacial score (nSPS) is 12.9. The quantitative estimate of drug-likeness (QED) is 0.444. The maximum atomic E-state index is 12.8. The second-order valence-electron chi connectivity index (χ2n) is 8.82. The Morgan fingerprint density at radius 3 is 2.29 bits per heavy atom. The summed E-state index contributed by atoms with van der Waals surface area (Å²) in [4.78, 5) is 35.5. The van der Waals surface area contributed by atoms with E-state index in [-0.39, 0.29) is 30.7 Å². The number of amides is 1. The average molecular weight is 525 g/mol. The molecular formula is C25H39Cl2N7O. The Hall–Kier alpha value is -2.45. The number of hydrogen-bond acceptors (Lipinski definition) is 7. The largest absolute Gasteiger partial charge is 0.362 e. The summed E-state index contributed by atoms with van der Waals surface area (Å²) in [7, 11) is 3.94. The van der Waals surface area contributed by atoms with Crippen molar-refractivity contribution in [1.29, 1.82) is 0 Å². The van der Waals surface area contributed by atoms with Gasteiger partial charge in [0.1, 0.15) is 17.3 Å². The molecule has 0 saturated carbocycles. The van der Waals surface area contributed by atoms with Crippen LogP contribution in [-0.2, 0) is 0 Å². The molecule has 1 amide bonds. The molecule has 8 nitrogen and oxygen atoms in total. The summed E-state index contributed by atoms with van der Waals surface area (Å²) < 4.78 is 0. The van der Waals surface area contributed by atoms with Gasteiger partial charge in [-0.25, -0.2) is 19.9 Å². The lowest BCUT2D eigenvalue weighted by Crippen LogP contribution is -2.27. The van der Waals surface area contributed by atoms with E-state index in [2.05, 4.69) is 32.1 Å². The smallest absolute Gasteiger partial charge is 0.270 e. The molecule has 0 atom stereocenters. The van der Waals surface area contributed by atoms with Gasteiger partial charge in [-0.2, -0.15) is 0 Å². The molecule has 0 spiro atoms. The number of unbranched alkanes of at least 4 members (excludes halogenated alkanes) is 3. The Labute approximate surface area is 221 Å². The SMILES string of the molecule is CCCCCCNC(=O)c1cc(N2CCCC2)nc(/C=C/c2nc(C)c(C)c(N(C)C)n2)n1.Cl.Cl. The van der Waals surface area contributed by atoms with Crippen molar-refractivity contribution in [2.75, 3.05) is 43.5 Å². The fourth-order valence-corrected chi connectivity index (χ4v) is 3.89. The highest BCUT2D eigenvalue weighted by atomic mass is 35.5. The van der Waals surface area contributed by atoms with Gasteiger partial charge in [0.15, 0.2) is 11.6 Å². The Balaban J connectivity index is 0.00000306. The topological polar surface area (TPSA) is 87.1 Å². The molecule has 1 N–H and O–H groups in total. The molecule has 35 heavy (non-hydrogen) atoms. The summed E-state index contributed by atoms with van der Waals surface area (Å²) >= 11 is 0. The second-order valence-corrected chi connectivity index (χ2v) is 8.82. The predicted molar refractivity (Wildman–Crippen MR) is 149 cm³/mol. The van der Waals surface area contributed by atoms with E-state index in [0.29, 0.717) is 23.9 Å². The van der Waals surface area contributed by atoms with Crippen molar-refractivity contribution < 1.29 is 4.79 Å². The van der Waals surface area contributed by atoms with Gasteiger partial charge in [0.2, 0.25) is 0 Å². The number of aromatic nitrogens is 4. The Kier molecular flexibility index (Phi) is 13.0. The standard InChI is InChI=1S/C25H37N7O.2ClH/c1-6-7-8-9-14-26-25(33)20-17-23(32-15-10-11-16-32)29-22(28-20)13-12-21-27-19(3)18(2)24(30-21)31(4)5;;/h12-13,17H,6-11,14-16H2,1-5H3,(H,26,33);2*1H/b13-12+;;. The maximum Gasteiger partial charge on any atom is 0.270 e.